The van der Waals surface area contributed by atoms with Crippen LogP contribution in [0, 0.1) is 5.92 Å². The van der Waals surface area contributed by atoms with Gasteiger partial charge in [0.05, 0.1) is 6.04 Å². The number of carbonyl (C=O) groups excluding carboxylic acids is 1. The molecule has 0 radical (unpaired) electrons. The van der Waals surface area contributed by atoms with Crippen LogP contribution in [0.15, 0.2) is 30.3 Å². The van der Waals surface area contributed by atoms with Gasteiger partial charge >= 0.3 is 6.18 Å². The average molecular weight is 300 g/mol. The molecule has 1 N–H and O–H groups in total. The van der Waals surface area contributed by atoms with E-state index in [2.05, 4.69) is 5.32 Å². The molecule has 0 spiro atoms. The minimum absolute atomic E-state index is 0.230. The van der Waals surface area contributed by atoms with E-state index >= 15 is 0 Å². The Kier molecular flexibility index (Phi) is 4.56. The Hall–Kier alpha value is -1.56. The van der Waals surface area contributed by atoms with Crippen LogP contribution in [-0.2, 0) is 4.79 Å². The molecule has 0 aliphatic carbocycles. The predicted molar refractivity (Wildman–Crippen MR) is 73.3 cm³/mol. The number of amides is 1. The quantitative estimate of drug-likeness (QED) is 0.926. The van der Waals surface area contributed by atoms with E-state index < -0.39 is 30.8 Å². The smallest absolute Gasteiger partial charge is 0.312 e. The van der Waals surface area contributed by atoms with Crippen molar-refractivity contribution in [3.8, 4) is 0 Å². The fourth-order valence-electron chi connectivity index (χ4n) is 2.59. The van der Waals surface area contributed by atoms with Crippen LogP contribution in [0.4, 0.5) is 13.2 Å². The highest BCUT2D eigenvalue weighted by molar-refractivity contribution is 5.84. The van der Waals surface area contributed by atoms with Crippen LogP contribution in [0.2, 0.25) is 0 Å². The third kappa shape index (κ3) is 3.97. The number of nitrogens with one attached hydrogen (secondary N) is 1. The number of hydrogen-bond donors (Lipinski definition) is 1. The second kappa shape index (κ2) is 6.05. The summed E-state index contributed by atoms with van der Waals surface area (Å²) in [6, 6.07) is 8.20. The van der Waals surface area contributed by atoms with E-state index in [4.69, 9.17) is 0 Å². The van der Waals surface area contributed by atoms with Crippen molar-refractivity contribution in [1.29, 1.82) is 0 Å². The Morgan fingerprint density at radius 3 is 2.38 bits per heavy atom. The first kappa shape index (κ1) is 15.8. The van der Waals surface area contributed by atoms with Crippen molar-refractivity contribution in [1.82, 2.24) is 10.2 Å². The van der Waals surface area contributed by atoms with E-state index in [0.717, 1.165) is 4.90 Å². The van der Waals surface area contributed by atoms with Gasteiger partial charge in [0.2, 0.25) is 5.91 Å². The number of hydrogen-bond acceptors (Lipinski definition) is 2. The third-order valence-electron chi connectivity index (χ3n) is 3.42. The Morgan fingerprint density at radius 1 is 1.24 bits per heavy atom. The largest absolute Gasteiger partial charge is 0.406 e. The number of benzene rings is 1. The van der Waals surface area contributed by atoms with Crippen molar-refractivity contribution in [2.75, 3.05) is 6.54 Å². The summed E-state index contributed by atoms with van der Waals surface area (Å²) in [5, 5.41) is 3.04. The van der Waals surface area contributed by atoms with E-state index in [9.17, 15) is 18.0 Å². The summed E-state index contributed by atoms with van der Waals surface area (Å²) in [7, 11) is 0. The van der Waals surface area contributed by atoms with Crippen LogP contribution < -0.4 is 5.32 Å². The molecule has 2 rings (SSSR count). The lowest BCUT2D eigenvalue weighted by molar-refractivity contribution is -0.161. The molecule has 0 bridgehead atoms. The topological polar surface area (TPSA) is 32.3 Å². The molecule has 6 heteroatoms. The molecular formula is C15H19F3N2O. The molecule has 1 aromatic carbocycles. The number of carbonyl (C=O) groups is 1. The highest BCUT2D eigenvalue weighted by Crippen LogP contribution is 2.30. The van der Waals surface area contributed by atoms with Gasteiger partial charge in [-0.2, -0.15) is 13.2 Å². The molecule has 2 atom stereocenters. The first-order valence-corrected chi connectivity index (χ1v) is 6.96. The molecule has 1 fully saturated rings. The van der Waals surface area contributed by atoms with Crippen LogP contribution >= 0.6 is 0 Å². The molecule has 1 amide bonds. The van der Waals surface area contributed by atoms with E-state index in [1.165, 1.54) is 0 Å². The molecule has 1 aliphatic heterocycles. The zero-order chi connectivity index (χ0) is 15.6. The van der Waals surface area contributed by atoms with Gasteiger partial charge in [-0.3, -0.25) is 10.1 Å². The molecule has 21 heavy (non-hydrogen) atoms. The van der Waals surface area contributed by atoms with Gasteiger partial charge in [-0.25, -0.2) is 0 Å². The summed E-state index contributed by atoms with van der Waals surface area (Å²) in [4.78, 5) is 13.2. The summed E-state index contributed by atoms with van der Waals surface area (Å²) in [5.74, 6) is -0.247. The lowest BCUT2D eigenvalue weighted by Crippen LogP contribution is -2.38. The van der Waals surface area contributed by atoms with Crippen molar-refractivity contribution < 1.29 is 18.0 Å². The van der Waals surface area contributed by atoms with E-state index in [1.807, 2.05) is 13.8 Å². The molecule has 1 heterocycles. The lowest BCUT2D eigenvalue weighted by Gasteiger charge is -2.25. The highest BCUT2D eigenvalue weighted by Gasteiger charge is 2.44. The van der Waals surface area contributed by atoms with Crippen LogP contribution in [0.3, 0.4) is 0 Å². The van der Waals surface area contributed by atoms with Gasteiger partial charge in [0.25, 0.3) is 0 Å². The molecule has 1 aliphatic rings. The SMILES string of the molecule is CC(C)CC1NC(c2ccccc2)N(CC(F)(F)F)C1=O. The lowest BCUT2D eigenvalue weighted by atomic mass is 10.0. The number of rotatable bonds is 4. The summed E-state index contributed by atoms with van der Waals surface area (Å²) < 4.78 is 38.2. The minimum atomic E-state index is -4.41. The Balaban J connectivity index is 2.25. The monoisotopic (exact) mass is 300 g/mol. The van der Waals surface area contributed by atoms with Gasteiger partial charge in [-0.05, 0) is 17.9 Å². The van der Waals surface area contributed by atoms with Gasteiger partial charge in [-0.15, -0.1) is 0 Å². The van der Waals surface area contributed by atoms with Crippen molar-refractivity contribution in [3.05, 3.63) is 35.9 Å². The predicted octanol–water partition coefficient (Wildman–Crippen LogP) is 3.09. The van der Waals surface area contributed by atoms with Crippen molar-refractivity contribution >= 4 is 5.91 Å². The Bertz CT molecular complexity index is 487. The maximum absolute atomic E-state index is 12.7. The fraction of sp³-hybridized carbons (Fsp3) is 0.533. The maximum Gasteiger partial charge on any atom is 0.406 e. The van der Waals surface area contributed by atoms with Gasteiger partial charge in [0.1, 0.15) is 12.7 Å². The third-order valence-corrected chi connectivity index (χ3v) is 3.42. The molecule has 2 unspecified atom stereocenters. The molecular weight excluding hydrogens is 281 g/mol. The average Bonchev–Trinajstić information content (AvgIpc) is 2.66. The van der Waals surface area contributed by atoms with Crippen molar-refractivity contribution in [3.63, 3.8) is 0 Å². The Morgan fingerprint density at radius 2 is 1.86 bits per heavy atom. The molecule has 1 saturated heterocycles. The zero-order valence-electron chi connectivity index (χ0n) is 12.0. The normalized spacial score (nSPS) is 23.1. The van der Waals surface area contributed by atoms with Gasteiger partial charge in [-0.1, -0.05) is 44.2 Å². The summed E-state index contributed by atoms with van der Waals surface area (Å²) in [6.07, 6.45) is -4.60. The standard InChI is InChI=1S/C15H19F3N2O/c1-10(2)8-12-14(21)20(9-15(16,17)18)13(19-12)11-6-4-3-5-7-11/h3-7,10,12-13,19H,8-9H2,1-2H3. The van der Waals surface area contributed by atoms with Crippen LogP contribution in [0.25, 0.3) is 0 Å². The summed E-state index contributed by atoms with van der Waals surface area (Å²) in [5.41, 5.74) is 0.668. The van der Waals surface area contributed by atoms with Crippen molar-refractivity contribution in [2.45, 2.75) is 38.7 Å². The number of halogens is 3. The molecule has 0 saturated carbocycles. The summed E-state index contributed by atoms with van der Waals surface area (Å²) >= 11 is 0. The number of nitrogens with zero attached hydrogens (tertiary/aromatic N) is 1. The fourth-order valence-corrected chi connectivity index (χ4v) is 2.59. The van der Waals surface area contributed by atoms with Gasteiger partial charge < -0.3 is 4.90 Å². The maximum atomic E-state index is 12.7. The van der Waals surface area contributed by atoms with E-state index in [-0.39, 0.29) is 5.92 Å². The van der Waals surface area contributed by atoms with Crippen molar-refractivity contribution in [2.24, 2.45) is 5.92 Å². The zero-order valence-corrected chi connectivity index (χ0v) is 12.0. The van der Waals surface area contributed by atoms with Gasteiger partial charge in [0.15, 0.2) is 0 Å². The van der Waals surface area contributed by atoms with E-state index in [0.29, 0.717) is 12.0 Å². The minimum Gasteiger partial charge on any atom is -0.312 e. The van der Waals surface area contributed by atoms with E-state index in [1.54, 1.807) is 30.3 Å². The van der Waals surface area contributed by atoms with Gasteiger partial charge in [0, 0.05) is 0 Å². The molecule has 116 valence electrons. The van der Waals surface area contributed by atoms with Crippen LogP contribution in [0.1, 0.15) is 32.0 Å². The summed E-state index contributed by atoms with van der Waals surface area (Å²) in [6.45, 7) is 2.66. The highest BCUT2D eigenvalue weighted by atomic mass is 19.4. The second-order valence-corrected chi connectivity index (χ2v) is 5.74. The molecule has 3 nitrogen and oxygen atoms in total. The van der Waals surface area contributed by atoms with Crippen LogP contribution in [0.5, 0.6) is 0 Å². The number of alkyl halides is 3. The molecule has 0 aromatic heterocycles. The second-order valence-electron chi connectivity index (χ2n) is 5.74. The Labute approximate surface area is 122 Å². The molecule has 1 aromatic rings. The van der Waals surface area contributed by atoms with Crippen LogP contribution in [-0.4, -0.2) is 29.6 Å². The first-order chi connectivity index (χ1) is 9.78. The first-order valence-electron chi connectivity index (χ1n) is 6.96.